The van der Waals surface area contributed by atoms with Gasteiger partial charge >= 0.3 is 5.69 Å². The number of benzene rings is 2. The van der Waals surface area contributed by atoms with Crippen molar-refractivity contribution in [2.75, 3.05) is 12.1 Å². The third kappa shape index (κ3) is 2.73. The maximum Gasteiger partial charge on any atom is 0.315 e. The molecule has 0 atom stereocenters. The second kappa shape index (κ2) is 5.48. The van der Waals surface area contributed by atoms with Crippen LogP contribution >= 0.6 is 0 Å². The number of nitro benzene ring substituents is 1. The lowest BCUT2D eigenvalue weighted by Gasteiger charge is -2.09. The van der Waals surface area contributed by atoms with Crippen LogP contribution in [0.1, 0.15) is 15.9 Å². The first kappa shape index (κ1) is 14.6. The number of amides is 1. The molecule has 2 aromatic carbocycles. The molecular weight excluding hydrogens is 304 g/mol. The first-order valence-electron chi connectivity index (χ1n) is 6.64. The van der Waals surface area contributed by atoms with Crippen molar-refractivity contribution in [2.45, 2.75) is 6.92 Å². The Kier molecular flexibility index (Phi) is 3.49. The van der Waals surface area contributed by atoms with Crippen LogP contribution in [-0.4, -0.2) is 22.7 Å². The van der Waals surface area contributed by atoms with E-state index in [-0.39, 0.29) is 41.0 Å². The number of carbonyl (C=O) groups excluding carboxylic acids is 1. The van der Waals surface area contributed by atoms with E-state index in [1.807, 2.05) is 0 Å². The Balaban J connectivity index is 1.95. The first-order chi connectivity index (χ1) is 11.0. The molecule has 0 radical (unpaired) electrons. The molecule has 0 saturated heterocycles. The molecule has 23 heavy (non-hydrogen) atoms. The maximum atomic E-state index is 12.3. The molecule has 1 amide bonds. The lowest BCUT2D eigenvalue weighted by Crippen LogP contribution is -2.12. The molecule has 118 valence electrons. The Bertz CT molecular complexity index is 818. The van der Waals surface area contributed by atoms with E-state index in [2.05, 4.69) is 5.32 Å². The minimum absolute atomic E-state index is 0.00459. The molecule has 0 bridgehead atoms. The maximum absolute atomic E-state index is 12.3. The largest absolute Gasteiger partial charge is 0.506 e. The number of nitro groups is 1. The van der Waals surface area contributed by atoms with Crippen molar-refractivity contribution < 1.29 is 24.3 Å². The molecule has 1 aliphatic rings. The summed E-state index contributed by atoms with van der Waals surface area (Å²) >= 11 is 0. The summed E-state index contributed by atoms with van der Waals surface area (Å²) in [5.41, 5.74) is 0.741. The molecule has 1 heterocycles. The standard InChI is InChI=1S/C15H12N2O6/c1-8-2-3-12(18)10(4-8)16-15(19)9-5-11(17(20)21)14-13(6-9)22-7-23-14/h2-6,18H,7H2,1H3,(H,16,19). The van der Waals surface area contributed by atoms with Gasteiger partial charge in [-0.05, 0) is 30.7 Å². The lowest BCUT2D eigenvalue weighted by atomic mass is 10.1. The summed E-state index contributed by atoms with van der Waals surface area (Å²) in [7, 11) is 0. The number of hydrogen-bond donors (Lipinski definition) is 2. The third-order valence-electron chi connectivity index (χ3n) is 3.31. The molecule has 0 aliphatic carbocycles. The van der Waals surface area contributed by atoms with Gasteiger partial charge in [0.05, 0.1) is 16.2 Å². The van der Waals surface area contributed by atoms with Gasteiger partial charge in [0.25, 0.3) is 5.91 Å². The van der Waals surface area contributed by atoms with Crippen LogP contribution in [0.15, 0.2) is 30.3 Å². The van der Waals surface area contributed by atoms with Crippen molar-refractivity contribution in [2.24, 2.45) is 0 Å². The van der Waals surface area contributed by atoms with Gasteiger partial charge in [0.2, 0.25) is 12.5 Å². The van der Waals surface area contributed by atoms with Gasteiger partial charge in [-0.3, -0.25) is 14.9 Å². The van der Waals surface area contributed by atoms with E-state index in [9.17, 15) is 20.0 Å². The Hall–Kier alpha value is -3.29. The Morgan fingerprint density at radius 1 is 1.30 bits per heavy atom. The van der Waals surface area contributed by atoms with Crippen molar-refractivity contribution in [3.8, 4) is 17.2 Å². The average Bonchev–Trinajstić information content (AvgIpc) is 2.98. The highest BCUT2D eigenvalue weighted by atomic mass is 16.7. The highest BCUT2D eigenvalue weighted by Gasteiger charge is 2.28. The van der Waals surface area contributed by atoms with Gasteiger partial charge in [0, 0.05) is 6.07 Å². The van der Waals surface area contributed by atoms with E-state index in [4.69, 9.17) is 9.47 Å². The zero-order valence-corrected chi connectivity index (χ0v) is 12.0. The summed E-state index contributed by atoms with van der Waals surface area (Å²) in [6, 6.07) is 7.20. The predicted molar refractivity (Wildman–Crippen MR) is 80.0 cm³/mol. The van der Waals surface area contributed by atoms with E-state index in [0.717, 1.165) is 11.6 Å². The summed E-state index contributed by atoms with van der Waals surface area (Å²) in [6.45, 7) is 1.67. The summed E-state index contributed by atoms with van der Waals surface area (Å²) in [4.78, 5) is 22.8. The average molecular weight is 316 g/mol. The van der Waals surface area contributed by atoms with Crippen LogP contribution in [0, 0.1) is 17.0 Å². The smallest absolute Gasteiger partial charge is 0.315 e. The van der Waals surface area contributed by atoms with Crippen molar-refractivity contribution in [1.82, 2.24) is 0 Å². The van der Waals surface area contributed by atoms with Crippen LogP contribution in [0.3, 0.4) is 0 Å². The number of fused-ring (bicyclic) bond motifs is 1. The molecule has 3 rings (SSSR count). The van der Waals surface area contributed by atoms with Gasteiger partial charge in [-0.25, -0.2) is 0 Å². The SMILES string of the molecule is Cc1ccc(O)c(NC(=O)c2cc3c(c([N+](=O)[O-])c2)OCO3)c1. The molecule has 0 spiro atoms. The van der Waals surface area contributed by atoms with Crippen LogP contribution in [0.25, 0.3) is 0 Å². The fourth-order valence-corrected chi connectivity index (χ4v) is 2.20. The summed E-state index contributed by atoms with van der Waals surface area (Å²) in [6.07, 6.45) is 0. The van der Waals surface area contributed by atoms with Gasteiger partial charge in [-0.2, -0.15) is 0 Å². The number of nitrogens with one attached hydrogen (secondary N) is 1. The fraction of sp³-hybridized carbons (Fsp3) is 0.133. The molecule has 0 aromatic heterocycles. The summed E-state index contributed by atoms with van der Waals surface area (Å²) in [5.74, 6) is -0.561. The number of hydrogen-bond acceptors (Lipinski definition) is 6. The van der Waals surface area contributed by atoms with E-state index < -0.39 is 10.8 Å². The van der Waals surface area contributed by atoms with Gasteiger partial charge < -0.3 is 19.9 Å². The second-order valence-electron chi connectivity index (χ2n) is 4.96. The minimum Gasteiger partial charge on any atom is -0.506 e. The van der Waals surface area contributed by atoms with Crippen molar-refractivity contribution in [3.63, 3.8) is 0 Å². The molecule has 8 heteroatoms. The number of anilines is 1. The molecule has 0 fully saturated rings. The Morgan fingerprint density at radius 3 is 2.83 bits per heavy atom. The normalized spacial score (nSPS) is 12.0. The zero-order valence-electron chi connectivity index (χ0n) is 12.0. The monoisotopic (exact) mass is 316 g/mol. The molecule has 0 saturated carbocycles. The number of phenolic OH excluding ortho intramolecular Hbond substituents is 1. The summed E-state index contributed by atoms with van der Waals surface area (Å²) < 4.78 is 10.2. The van der Waals surface area contributed by atoms with Crippen molar-refractivity contribution in [1.29, 1.82) is 0 Å². The number of rotatable bonds is 3. The number of ether oxygens (including phenoxy) is 2. The van der Waals surface area contributed by atoms with E-state index >= 15 is 0 Å². The Morgan fingerprint density at radius 2 is 2.09 bits per heavy atom. The van der Waals surface area contributed by atoms with Gasteiger partial charge in [-0.1, -0.05) is 6.07 Å². The second-order valence-corrected chi connectivity index (χ2v) is 4.96. The van der Waals surface area contributed by atoms with Crippen LogP contribution in [-0.2, 0) is 0 Å². The molecular formula is C15H12N2O6. The lowest BCUT2D eigenvalue weighted by molar-refractivity contribution is -0.385. The van der Waals surface area contributed by atoms with Gasteiger partial charge in [0.15, 0.2) is 5.75 Å². The number of nitrogens with zero attached hydrogens (tertiary/aromatic N) is 1. The van der Waals surface area contributed by atoms with Gasteiger partial charge in [-0.15, -0.1) is 0 Å². The van der Waals surface area contributed by atoms with Crippen LogP contribution < -0.4 is 14.8 Å². The number of aryl methyl sites for hydroxylation is 1. The number of aromatic hydroxyl groups is 1. The quantitative estimate of drug-likeness (QED) is 0.511. The molecule has 1 aliphatic heterocycles. The molecule has 2 aromatic rings. The van der Waals surface area contributed by atoms with E-state index in [1.165, 1.54) is 12.1 Å². The van der Waals surface area contributed by atoms with E-state index in [1.54, 1.807) is 19.1 Å². The minimum atomic E-state index is -0.644. The molecule has 0 unspecified atom stereocenters. The highest BCUT2D eigenvalue weighted by molar-refractivity contribution is 6.06. The van der Waals surface area contributed by atoms with E-state index in [0.29, 0.717) is 0 Å². The summed E-state index contributed by atoms with van der Waals surface area (Å²) in [5, 5.41) is 23.4. The number of carbonyl (C=O) groups is 1. The van der Waals surface area contributed by atoms with Crippen LogP contribution in [0.4, 0.5) is 11.4 Å². The topological polar surface area (TPSA) is 111 Å². The molecule has 8 nitrogen and oxygen atoms in total. The fourth-order valence-electron chi connectivity index (χ4n) is 2.20. The third-order valence-corrected chi connectivity index (χ3v) is 3.31. The van der Waals surface area contributed by atoms with Crippen molar-refractivity contribution >= 4 is 17.3 Å². The van der Waals surface area contributed by atoms with Crippen LogP contribution in [0.5, 0.6) is 17.2 Å². The highest BCUT2D eigenvalue weighted by Crippen LogP contribution is 2.41. The predicted octanol–water partition coefficient (Wildman–Crippen LogP) is 2.59. The first-order valence-corrected chi connectivity index (χ1v) is 6.64. The number of phenols is 1. The molecule has 2 N–H and O–H groups in total. The van der Waals surface area contributed by atoms with Gasteiger partial charge in [0.1, 0.15) is 5.75 Å². The van der Waals surface area contributed by atoms with Crippen molar-refractivity contribution in [3.05, 3.63) is 51.6 Å². The Labute approximate surface area is 130 Å². The zero-order chi connectivity index (χ0) is 16.6. The van der Waals surface area contributed by atoms with Crippen LogP contribution in [0.2, 0.25) is 0 Å².